The first-order valence-corrected chi connectivity index (χ1v) is 8.21. The second-order valence-electron chi connectivity index (χ2n) is 5.75. The molecule has 24 heavy (non-hydrogen) atoms. The van der Waals surface area contributed by atoms with Crippen LogP contribution in [0.2, 0.25) is 0 Å². The van der Waals surface area contributed by atoms with Gasteiger partial charge in [-0.2, -0.15) is 11.3 Å². The molecule has 1 atom stereocenters. The first-order valence-electron chi connectivity index (χ1n) is 7.27. The largest absolute Gasteiger partial charge is 0.481 e. The second kappa shape index (κ2) is 7.44. The summed E-state index contributed by atoms with van der Waals surface area (Å²) in [7, 11) is 0. The summed E-state index contributed by atoms with van der Waals surface area (Å²) >= 11 is 1.42. The molecule has 5 nitrogen and oxygen atoms in total. The summed E-state index contributed by atoms with van der Waals surface area (Å²) in [4.78, 5) is 23.6. The van der Waals surface area contributed by atoms with Crippen LogP contribution in [-0.2, 0) is 9.59 Å². The lowest BCUT2D eigenvalue weighted by atomic mass is 10.0. The number of hydrogen-bond donors (Lipinski definition) is 2. The molecule has 2 rings (SSSR count). The number of halogens is 1. The van der Waals surface area contributed by atoms with Crippen LogP contribution in [0.5, 0.6) is 5.75 Å². The third kappa shape index (κ3) is 4.79. The molecule has 0 saturated heterocycles. The Hall–Kier alpha value is -2.41. The van der Waals surface area contributed by atoms with Gasteiger partial charge in [-0.15, -0.1) is 0 Å². The van der Waals surface area contributed by atoms with Crippen molar-refractivity contribution in [1.82, 2.24) is 5.32 Å². The van der Waals surface area contributed by atoms with Gasteiger partial charge in [0.1, 0.15) is 11.6 Å². The number of carbonyl (C=O) groups is 2. The van der Waals surface area contributed by atoms with Crippen LogP contribution < -0.4 is 10.1 Å². The molecule has 128 valence electrons. The average molecular weight is 351 g/mol. The molecule has 1 aromatic heterocycles. The molecule has 0 aliphatic rings. The van der Waals surface area contributed by atoms with E-state index in [1.807, 2.05) is 5.38 Å². The quantitative estimate of drug-likeness (QED) is 0.802. The van der Waals surface area contributed by atoms with Gasteiger partial charge in [0.2, 0.25) is 0 Å². The van der Waals surface area contributed by atoms with E-state index in [4.69, 9.17) is 9.84 Å². The van der Waals surface area contributed by atoms with Crippen LogP contribution in [0.25, 0.3) is 0 Å². The monoisotopic (exact) mass is 351 g/mol. The van der Waals surface area contributed by atoms with E-state index in [9.17, 15) is 14.0 Å². The van der Waals surface area contributed by atoms with E-state index in [1.54, 1.807) is 25.3 Å². The molecule has 1 heterocycles. The van der Waals surface area contributed by atoms with Crippen molar-refractivity contribution in [2.24, 2.45) is 0 Å². The maximum Gasteiger partial charge on any atom is 0.305 e. The van der Waals surface area contributed by atoms with E-state index in [0.29, 0.717) is 5.75 Å². The lowest BCUT2D eigenvalue weighted by Gasteiger charge is -2.27. The van der Waals surface area contributed by atoms with Crippen LogP contribution >= 0.6 is 11.3 Å². The molecular weight excluding hydrogens is 333 g/mol. The minimum atomic E-state index is -1.25. The Morgan fingerprint density at radius 1 is 1.29 bits per heavy atom. The van der Waals surface area contributed by atoms with E-state index < -0.39 is 29.3 Å². The summed E-state index contributed by atoms with van der Waals surface area (Å²) in [5.74, 6) is -1.52. The van der Waals surface area contributed by atoms with Gasteiger partial charge < -0.3 is 15.2 Å². The number of rotatable bonds is 7. The summed E-state index contributed by atoms with van der Waals surface area (Å²) in [5.41, 5.74) is -0.515. The number of carbonyl (C=O) groups excluding carboxylic acids is 1. The fourth-order valence-electron chi connectivity index (χ4n) is 2.08. The molecule has 2 N–H and O–H groups in total. The van der Waals surface area contributed by atoms with E-state index in [2.05, 4.69) is 5.32 Å². The third-order valence-corrected chi connectivity index (χ3v) is 4.06. The highest BCUT2D eigenvalue weighted by Crippen LogP contribution is 2.23. The minimum Gasteiger partial charge on any atom is -0.481 e. The van der Waals surface area contributed by atoms with Gasteiger partial charge >= 0.3 is 5.97 Å². The summed E-state index contributed by atoms with van der Waals surface area (Å²) in [6.45, 7) is 3.13. The fourth-order valence-corrected chi connectivity index (χ4v) is 2.79. The lowest BCUT2D eigenvalue weighted by Crippen LogP contribution is -2.48. The van der Waals surface area contributed by atoms with Crippen molar-refractivity contribution in [3.8, 4) is 5.75 Å². The van der Waals surface area contributed by atoms with Crippen LogP contribution in [0.4, 0.5) is 4.39 Å². The van der Waals surface area contributed by atoms with Gasteiger partial charge in [0.05, 0.1) is 12.5 Å². The molecule has 0 radical (unpaired) electrons. The summed E-state index contributed by atoms with van der Waals surface area (Å²) in [6, 6.07) is 6.46. The number of thiophene rings is 1. The Kier molecular flexibility index (Phi) is 5.56. The normalized spacial score (nSPS) is 12.5. The van der Waals surface area contributed by atoms with Crippen molar-refractivity contribution in [2.75, 3.05) is 0 Å². The Bertz CT molecular complexity index is 698. The Labute approximate surface area is 143 Å². The van der Waals surface area contributed by atoms with Crippen LogP contribution in [-0.4, -0.2) is 22.6 Å². The van der Waals surface area contributed by atoms with Gasteiger partial charge in [-0.25, -0.2) is 4.39 Å². The fraction of sp³-hybridized carbons (Fsp3) is 0.294. The molecule has 0 saturated carbocycles. The van der Waals surface area contributed by atoms with Crippen molar-refractivity contribution in [2.45, 2.75) is 31.9 Å². The number of amides is 1. The SMILES string of the molecule is CC(C)(Oc1ccc(F)cc1)C(=O)NC(CC(=O)O)c1ccsc1. The Balaban J connectivity index is 2.09. The van der Waals surface area contributed by atoms with Crippen LogP contribution in [0, 0.1) is 5.82 Å². The first kappa shape index (κ1) is 17.9. The first-order chi connectivity index (χ1) is 11.3. The van der Waals surface area contributed by atoms with E-state index in [-0.39, 0.29) is 6.42 Å². The highest BCUT2D eigenvalue weighted by atomic mass is 32.1. The number of nitrogens with one attached hydrogen (secondary N) is 1. The average Bonchev–Trinajstić information content (AvgIpc) is 3.02. The molecular formula is C17H18FNO4S. The number of carboxylic acid groups (broad SMARTS) is 1. The molecule has 1 aromatic carbocycles. The molecule has 0 bridgehead atoms. The molecule has 0 aliphatic carbocycles. The highest BCUT2D eigenvalue weighted by Gasteiger charge is 2.32. The van der Waals surface area contributed by atoms with Crippen molar-refractivity contribution in [3.05, 3.63) is 52.5 Å². The van der Waals surface area contributed by atoms with Crippen LogP contribution in [0.1, 0.15) is 31.9 Å². The third-order valence-electron chi connectivity index (χ3n) is 3.36. The van der Waals surface area contributed by atoms with E-state index >= 15 is 0 Å². The van der Waals surface area contributed by atoms with Gasteiger partial charge in [-0.3, -0.25) is 9.59 Å². The molecule has 0 spiro atoms. The predicted molar refractivity (Wildman–Crippen MR) is 88.6 cm³/mol. The molecule has 0 aliphatic heterocycles. The number of benzene rings is 1. The number of ether oxygens (including phenoxy) is 1. The van der Waals surface area contributed by atoms with Crippen LogP contribution in [0.3, 0.4) is 0 Å². The predicted octanol–water partition coefficient (Wildman–Crippen LogP) is 3.38. The van der Waals surface area contributed by atoms with Crippen molar-refractivity contribution >= 4 is 23.2 Å². The lowest BCUT2D eigenvalue weighted by molar-refractivity contribution is -0.139. The maximum absolute atomic E-state index is 12.9. The zero-order chi connectivity index (χ0) is 17.7. The van der Waals surface area contributed by atoms with Crippen molar-refractivity contribution in [3.63, 3.8) is 0 Å². The second-order valence-corrected chi connectivity index (χ2v) is 6.53. The number of carboxylic acids is 1. The molecule has 1 amide bonds. The van der Waals surface area contributed by atoms with E-state index in [1.165, 1.54) is 35.6 Å². The number of aliphatic carboxylic acids is 1. The standard InChI is InChI=1S/C17H18FNO4S/c1-17(2,23-13-5-3-12(18)4-6-13)16(22)19-14(9-15(20)21)11-7-8-24-10-11/h3-8,10,14H,9H2,1-2H3,(H,19,22)(H,20,21). The molecule has 0 fully saturated rings. The van der Waals surface area contributed by atoms with Crippen LogP contribution in [0.15, 0.2) is 41.1 Å². The van der Waals surface area contributed by atoms with Gasteiger partial charge in [-0.05, 0) is 60.5 Å². The Morgan fingerprint density at radius 2 is 1.96 bits per heavy atom. The Morgan fingerprint density at radius 3 is 2.50 bits per heavy atom. The molecule has 7 heteroatoms. The summed E-state index contributed by atoms with van der Waals surface area (Å²) in [6.07, 6.45) is -0.227. The maximum atomic E-state index is 12.9. The topological polar surface area (TPSA) is 75.6 Å². The van der Waals surface area contributed by atoms with Crippen molar-refractivity contribution < 1.29 is 23.8 Å². The zero-order valence-corrected chi connectivity index (χ0v) is 14.1. The van der Waals surface area contributed by atoms with Gasteiger partial charge in [0.25, 0.3) is 5.91 Å². The number of hydrogen-bond acceptors (Lipinski definition) is 4. The van der Waals surface area contributed by atoms with Gasteiger partial charge in [0.15, 0.2) is 5.60 Å². The minimum absolute atomic E-state index is 0.227. The van der Waals surface area contributed by atoms with E-state index in [0.717, 1.165) is 5.56 Å². The summed E-state index contributed by atoms with van der Waals surface area (Å²) < 4.78 is 18.6. The zero-order valence-electron chi connectivity index (χ0n) is 13.3. The van der Waals surface area contributed by atoms with Crippen molar-refractivity contribution in [1.29, 1.82) is 0 Å². The molecule has 2 aromatic rings. The molecule has 1 unspecified atom stereocenters. The smallest absolute Gasteiger partial charge is 0.305 e. The summed E-state index contributed by atoms with van der Waals surface area (Å²) in [5, 5.41) is 15.4. The highest BCUT2D eigenvalue weighted by molar-refractivity contribution is 7.08. The van der Waals surface area contributed by atoms with Gasteiger partial charge in [0, 0.05) is 0 Å². The van der Waals surface area contributed by atoms with Gasteiger partial charge in [-0.1, -0.05) is 0 Å².